The highest BCUT2D eigenvalue weighted by atomic mass is 35.5. The third-order valence-electron chi connectivity index (χ3n) is 9.44. The van der Waals surface area contributed by atoms with Crippen LogP contribution < -0.4 is 10.6 Å². The number of benzene rings is 2. The number of ether oxygens (including phenoxy) is 1. The van der Waals surface area contributed by atoms with E-state index in [-0.39, 0.29) is 24.3 Å². The zero-order valence-corrected chi connectivity index (χ0v) is 24.0. The predicted molar refractivity (Wildman–Crippen MR) is 152 cm³/mol. The van der Waals surface area contributed by atoms with Gasteiger partial charge in [0.2, 0.25) is 17.7 Å². The Kier molecular flexibility index (Phi) is 7.97. The van der Waals surface area contributed by atoms with E-state index in [1.807, 2.05) is 51.1 Å². The Hall–Kier alpha value is -2.94. The first-order chi connectivity index (χ1) is 19.2. The molecule has 9 heteroatoms. The molecule has 5 rings (SSSR count). The van der Waals surface area contributed by atoms with Crippen LogP contribution in [0.5, 0.6) is 0 Å². The molecular weight excluding hydrogens is 530 g/mol. The van der Waals surface area contributed by atoms with Gasteiger partial charge in [0.1, 0.15) is 11.6 Å². The van der Waals surface area contributed by atoms with E-state index in [1.165, 1.54) is 4.90 Å². The number of carbonyl (C=O) groups excluding carboxylic acids is 3. The number of nitrogens with zero attached hydrogens (tertiary/aromatic N) is 1. The smallest absolute Gasteiger partial charge is 0.250 e. The number of aliphatic hydroxyl groups excluding tert-OH is 1. The molecule has 3 amide bonds. The van der Waals surface area contributed by atoms with Crippen LogP contribution in [0.1, 0.15) is 52.0 Å². The highest BCUT2D eigenvalue weighted by Gasteiger charge is 2.79. The van der Waals surface area contributed by atoms with Gasteiger partial charge in [-0.3, -0.25) is 14.4 Å². The average Bonchev–Trinajstić information content (AvgIpc) is 3.57. The molecule has 0 aromatic heterocycles. The van der Waals surface area contributed by atoms with Crippen molar-refractivity contribution in [3.63, 3.8) is 0 Å². The van der Waals surface area contributed by atoms with E-state index < -0.39 is 41.0 Å². The number of aliphatic hydroxyl groups is 1. The Bertz CT molecular complexity index is 1270. The molecule has 1 spiro atoms. The van der Waals surface area contributed by atoms with E-state index in [4.69, 9.17) is 16.3 Å². The van der Waals surface area contributed by atoms with Crippen LogP contribution in [-0.4, -0.2) is 57.6 Å². The molecule has 214 valence electrons. The van der Waals surface area contributed by atoms with Gasteiger partial charge in [-0.05, 0) is 42.9 Å². The van der Waals surface area contributed by atoms with E-state index in [0.717, 1.165) is 5.56 Å². The van der Waals surface area contributed by atoms with E-state index in [9.17, 15) is 19.5 Å². The molecule has 3 aliphatic rings. The van der Waals surface area contributed by atoms with Gasteiger partial charge in [-0.25, -0.2) is 0 Å². The molecule has 3 aliphatic heterocycles. The summed E-state index contributed by atoms with van der Waals surface area (Å²) >= 11 is 6.37. The zero-order chi connectivity index (χ0) is 28.7. The average molecular weight is 568 g/mol. The fourth-order valence-electron chi connectivity index (χ4n) is 7.18. The molecule has 3 heterocycles. The van der Waals surface area contributed by atoms with E-state index in [2.05, 4.69) is 10.6 Å². The molecule has 2 unspecified atom stereocenters. The standard InChI is InChI=1S/C31H38ClN3O5/c1-4-19(3)23(18-36)35-26(28(38)34-22-14-10-9-13-21(22)32)31-16-15-30(5-2,40-31)24(25(31)29(35)39)27(37)33-17-20-11-7-6-8-12-20/h6-14,19,23-26,36H,4-5,15-18H2,1-3H3,(H,33,37)(H,34,38)/t19-,23-,24-,25-,26?,30+,31?/m0/s1. The summed E-state index contributed by atoms with van der Waals surface area (Å²) in [7, 11) is 0. The van der Waals surface area contributed by atoms with Gasteiger partial charge in [-0.15, -0.1) is 0 Å². The summed E-state index contributed by atoms with van der Waals surface area (Å²) in [6.07, 6.45) is 2.27. The molecular formula is C31H38ClN3O5. The summed E-state index contributed by atoms with van der Waals surface area (Å²) < 4.78 is 6.82. The number of nitrogens with one attached hydrogen (secondary N) is 2. The van der Waals surface area contributed by atoms with Gasteiger partial charge in [-0.2, -0.15) is 0 Å². The van der Waals surface area contributed by atoms with Crippen molar-refractivity contribution in [3.8, 4) is 0 Å². The fourth-order valence-corrected chi connectivity index (χ4v) is 7.37. The van der Waals surface area contributed by atoms with Crippen molar-refractivity contribution in [1.82, 2.24) is 10.2 Å². The van der Waals surface area contributed by atoms with Gasteiger partial charge in [0.25, 0.3) is 0 Å². The van der Waals surface area contributed by atoms with Gasteiger partial charge in [0, 0.05) is 6.54 Å². The summed E-state index contributed by atoms with van der Waals surface area (Å²) in [5.74, 6) is -2.66. The second kappa shape index (κ2) is 11.1. The third-order valence-corrected chi connectivity index (χ3v) is 9.77. The number of para-hydroxylation sites is 1. The Balaban J connectivity index is 1.54. The van der Waals surface area contributed by atoms with Gasteiger partial charge >= 0.3 is 0 Å². The Morgan fingerprint density at radius 3 is 2.45 bits per heavy atom. The highest BCUT2D eigenvalue weighted by molar-refractivity contribution is 6.33. The van der Waals surface area contributed by atoms with Gasteiger partial charge < -0.3 is 25.4 Å². The Morgan fingerprint density at radius 2 is 1.80 bits per heavy atom. The van der Waals surface area contributed by atoms with Crippen LogP contribution in [0.2, 0.25) is 5.02 Å². The summed E-state index contributed by atoms with van der Waals surface area (Å²) in [6, 6.07) is 14.9. The van der Waals surface area contributed by atoms with Crippen LogP contribution in [-0.2, 0) is 25.7 Å². The molecule has 8 nitrogen and oxygen atoms in total. The zero-order valence-electron chi connectivity index (χ0n) is 23.2. The molecule has 3 fully saturated rings. The molecule has 3 saturated heterocycles. The first-order valence-electron chi connectivity index (χ1n) is 14.2. The van der Waals surface area contributed by atoms with Crippen LogP contribution in [0, 0.1) is 17.8 Å². The molecule has 40 heavy (non-hydrogen) atoms. The minimum atomic E-state index is -1.19. The molecule has 2 aromatic rings. The largest absolute Gasteiger partial charge is 0.394 e. The molecule has 0 radical (unpaired) electrons. The van der Waals surface area contributed by atoms with Crippen molar-refractivity contribution in [2.24, 2.45) is 17.8 Å². The van der Waals surface area contributed by atoms with Crippen molar-refractivity contribution in [3.05, 3.63) is 65.2 Å². The topological polar surface area (TPSA) is 108 Å². The number of anilines is 1. The first-order valence-corrected chi connectivity index (χ1v) is 14.6. The third kappa shape index (κ3) is 4.50. The van der Waals surface area contributed by atoms with Crippen molar-refractivity contribution in [2.75, 3.05) is 11.9 Å². The maximum Gasteiger partial charge on any atom is 0.250 e. The van der Waals surface area contributed by atoms with Crippen LogP contribution in [0.4, 0.5) is 5.69 Å². The minimum Gasteiger partial charge on any atom is -0.394 e. The first kappa shape index (κ1) is 28.6. The maximum atomic E-state index is 14.4. The van der Waals surface area contributed by atoms with E-state index in [0.29, 0.717) is 42.9 Å². The number of halogens is 1. The molecule has 7 atom stereocenters. The van der Waals surface area contributed by atoms with Gasteiger partial charge in [-0.1, -0.05) is 81.3 Å². The number of rotatable bonds is 10. The van der Waals surface area contributed by atoms with Crippen molar-refractivity contribution in [2.45, 2.75) is 76.3 Å². The lowest BCUT2D eigenvalue weighted by Crippen LogP contribution is -2.57. The van der Waals surface area contributed by atoms with Crippen LogP contribution in [0.3, 0.4) is 0 Å². The maximum absolute atomic E-state index is 14.4. The Morgan fingerprint density at radius 1 is 1.10 bits per heavy atom. The van der Waals surface area contributed by atoms with Crippen molar-refractivity contribution >= 4 is 35.0 Å². The lowest BCUT2D eigenvalue weighted by atomic mass is 9.65. The fraction of sp³-hybridized carbons (Fsp3) is 0.516. The summed E-state index contributed by atoms with van der Waals surface area (Å²) in [5.41, 5.74) is -0.649. The quantitative estimate of drug-likeness (QED) is 0.400. The molecule has 3 N–H and O–H groups in total. The number of hydrogen-bond acceptors (Lipinski definition) is 5. The lowest BCUT2D eigenvalue weighted by Gasteiger charge is -2.39. The molecule has 0 saturated carbocycles. The number of carbonyl (C=O) groups is 3. The van der Waals surface area contributed by atoms with Gasteiger partial charge in [0.05, 0.1) is 40.8 Å². The monoisotopic (exact) mass is 567 g/mol. The summed E-state index contributed by atoms with van der Waals surface area (Å²) in [4.78, 5) is 44.0. The van der Waals surface area contributed by atoms with Crippen LogP contribution in [0.25, 0.3) is 0 Å². The summed E-state index contributed by atoms with van der Waals surface area (Å²) in [6.45, 7) is 5.94. The number of fused-ring (bicyclic) bond motifs is 1. The van der Waals surface area contributed by atoms with E-state index in [1.54, 1.807) is 24.3 Å². The molecule has 0 aliphatic carbocycles. The normalized spacial score (nSPS) is 30.2. The number of hydrogen-bond donors (Lipinski definition) is 3. The predicted octanol–water partition coefficient (Wildman–Crippen LogP) is 4.16. The van der Waals surface area contributed by atoms with Crippen LogP contribution >= 0.6 is 11.6 Å². The molecule has 2 bridgehead atoms. The second-order valence-corrected chi connectivity index (χ2v) is 11.8. The molecule has 2 aromatic carbocycles. The lowest BCUT2D eigenvalue weighted by molar-refractivity contribution is -0.150. The number of amides is 3. The highest BCUT2D eigenvalue weighted by Crippen LogP contribution is 2.64. The second-order valence-electron chi connectivity index (χ2n) is 11.4. The van der Waals surface area contributed by atoms with Crippen molar-refractivity contribution < 1.29 is 24.2 Å². The minimum absolute atomic E-state index is 0.0810. The van der Waals surface area contributed by atoms with Gasteiger partial charge in [0.15, 0.2) is 0 Å². The van der Waals surface area contributed by atoms with Crippen molar-refractivity contribution in [1.29, 1.82) is 0 Å². The Labute approximate surface area is 240 Å². The number of likely N-dealkylation sites (tertiary alicyclic amines) is 1. The SMILES string of the molecule is CC[C@H](C)[C@H](CO)N1C(=O)[C@@H]2[C@@H](C(=O)NCc3ccccc3)[C@@]3(CC)CCC2(O3)C1C(=O)Nc1ccccc1Cl. The van der Waals surface area contributed by atoms with Crippen LogP contribution in [0.15, 0.2) is 54.6 Å². The van der Waals surface area contributed by atoms with E-state index >= 15 is 0 Å². The summed E-state index contributed by atoms with van der Waals surface area (Å²) in [5, 5.41) is 16.8.